The lowest BCUT2D eigenvalue weighted by atomic mass is 10.0. The van der Waals surface area contributed by atoms with E-state index >= 15 is 0 Å². The molecule has 3 unspecified atom stereocenters. The third-order valence-corrected chi connectivity index (χ3v) is 3.77. The molecule has 1 aliphatic heterocycles. The Bertz CT molecular complexity index is 213. The first kappa shape index (κ1) is 10.6. The molecule has 3 atom stereocenters. The van der Waals surface area contributed by atoms with E-state index < -0.39 is 0 Å². The summed E-state index contributed by atoms with van der Waals surface area (Å²) in [5, 5.41) is 1.33. The standard InChI is InChI=1S/C10H16O2S/c1-7-6-9(8(2)13-7)4-5-10(11)12-3/h4-5,7-9H,6H2,1-3H3/b5-4+. The highest BCUT2D eigenvalue weighted by Crippen LogP contribution is 2.38. The summed E-state index contributed by atoms with van der Waals surface area (Å²) >= 11 is 1.98. The second-order valence-corrected chi connectivity index (χ2v) is 5.25. The van der Waals surface area contributed by atoms with Crippen molar-refractivity contribution in [1.82, 2.24) is 0 Å². The van der Waals surface area contributed by atoms with E-state index in [1.165, 1.54) is 13.5 Å². The average molecular weight is 200 g/mol. The molecule has 0 saturated carbocycles. The molecule has 1 heterocycles. The van der Waals surface area contributed by atoms with Crippen LogP contribution in [0, 0.1) is 5.92 Å². The van der Waals surface area contributed by atoms with E-state index in [1.54, 1.807) is 6.08 Å². The molecular formula is C10H16O2S. The van der Waals surface area contributed by atoms with E-state index in [0.29, 0.717) is 16.4 Å². The number of carbonyl (C=O) groups is 1. The Morgan fingerprint density at radius 1 is 1.54 bits per heavy atom. The second kappa shape index (κ2) is 4.70. The Labute approximate surface area is 83.7 Å². The van der Waals surface area contributed by atoms with Crippen LogP contribution in [0.4, 0.5) is 0 Å². The van der Waals surface area contributed by atoms with Crippen LogP contribution in [0.3, 0.4) is 0 Å². The van der Waals surface area contributed by atoms with Gasteiger partial charge >= 0.3 is 5.97 Å². The summed E-state index contributed by atoms with van der Waals surface area (Å²) in [6.07, 6.45) is 4.69. The van der Waals surface area contributed by atoms with Gasteiger partial charge in [-0.2, -0.15) is 11.8 Å². The lowest BCUT2D eigenvalue weighted by Gasteiger charge is -2.07. The molecule has 74 valence electrons. The predicted molar refractivity (Wildman–Crippen MR) is 55.8 cm³/mol. The largest absolute Gasteiger partial charge is 0.466 e. The fraction of sp³-hybridized carbons (Fsp3) is 0.700. The fourth-order valence-corrected chi connectivity index (χ4v) is 3.07. The highest BCUT2D eigenvalue weighted by atomic mass is 32.2. The lowest BCUT2D eigenvalue weighted by Crippen LogP contribution is -2.05. The zero-order valence-corrected chi connectivity index (χ0v) is 9.14. The Hall–Kier alpha value is -0.440. The molecule has 1 saturated heterocycles. The Morgan fingerprint density at radius 2 is 2.23 bits per heavy atom. The summed E-state index contributed by atoms with van der Waals surface area (Å²) in [5.74, 6) is 0.274. The smallest absolute Gasteiger partial charge is 0.330 e. The van der Waals surface area contributed by atoms with Gasteiger partial charge in [0.05, 0.1) is 7.11 Å². The van der Waals surface area contributed by atoms with Crippen LogP contribution in [-0.4, -0.2) is 23.6 Å². The molecule has 1 rings (SSSR count). The number of thioether (sulfide) groups is 1. The minimum absolute atomic E-state index is 0.253. The van der Waals surface area contributed by atoms with Gasteiger partial charge in [-0.05, 0) is 12.3 Å². The summed E-state index contributed by atoms with van der Waals surface area (Å²) in [5.41, 5.74) is 0. The molecule has 0 aromatic heterocycles. The van der Waals surface area contributed by atoms with Crippen molar-refractivity contribution >= 4 is 17.7 Å². The van der Waals surface area contributed by atoms with Crippen LogP contribution in [-0.2, 0) is 9.53 Å². The first-order valence-electron chi connectivity index (χ1n) is 4.55. The van der Waals surface area contributed by atoms with Crippen molar-refractivity contribution in [1.29, 1.82) is 0 Å². The van der Waals surface area contributed by atoms with Crippen molar-refractivity contribution in [3.05, 3.63) is 12.2 Å². The van der Waals surface area contributed by atoms with E-state index in [2.05, 4.69) is 18.6 Å². The number of esters is 1. The van der Waals surface area contributed by atoms with Crippen molar-refractivity contribution in [3.63, 3.8) is 0 Å². The molecule has 0 aromatic rings. The monoisotopic (exact) mass is 200 g/mol. The maximum absolute atomic E-state index is 10.8. The summed E-state index contributed by atoms with van der Waals surface area (Å²) in [7, 11) is 1.40. The first-order valence-corrected chi connectivity index (χ1v) is 5.49. The molecule has 13 heavy (non-hydrogen) atoms. The topological polar surface area (TPSA) is 26.3 Å². The van der Waals surface area contributed by atoms with Crippen molar-refractivity contribution in [2.75, 3.05) is 7.11 Å². The third kappa shape index (κ3) is 3.07. The molecule has 1 fully saturated rings. The SMILES string of the molecule is COC(=O)/C=C/C1CC(C)SC1C. The van der Waals surface area contributed by atoms with Crippen LogP contribution in [0.15, 0.2) is 12.2 Å². The van der Waals surface area contributed by atoms with E-state index in [-0.39, 0.29) is 5.97 Å². The molecule has 0 amide bonds. The van der Waals surface area contributed by atoms with Gasteiger partial charge in [-0.15, -0.1) is 0 Å². The maximum Gasteiger partial charge on any atom is 0.330 e. The normalized spacial score (nSPS) is 33.9. The molecule has 0 spiro atoms. The summed E-state index contributed by atoms with van der Waals surface area (Å²) in [4.78, 5) is 10.8. The molecule has 0 aliphatic carbocycles. The van der Waals surface area contributed by atoms with Crippen molar-refractivity contribution in [3.8, 4) is 0 Å². The number of hydrogen-bond donors (Lipinski definition) is 0. The van der Waals surface area contributed by atoms with Crippen LogP contribution in [0.25, 0.3) is 0 Å². The van der Waals surface area contributed by atoms with Gasteiger partial charge in [0.25, 0.3) is 0 Å². The van der Waals surface area contributed by atoms with Gasteiger partial charge in [-0.25, -0.2) is 4.79 Å². The van der Waals surface area contributed by atoms with E-state index in [1.807, 2.05) is 17.8 Å². The molecule has 3 heteroatoms. The quantitative estimate of drug-likeness (QED) is 0.505. The predicted octanol–water partition coefficient (Wildman–Crippen LogP) is 2.25. The average Bonchev–Trinajstić information content (AvgIpc) is 2.41. The lowest BCUT2D eigenvalue weighted by molar-refractivity contribution is -0.134. The Balaban J connectivity index is 2.45. The molecule has 0 bridgehead atoms. The number of allylic oxidation sites excluding steroid dienone is 1. The molecule has 2 nitrogen and oxygen atoms in total. The van der Waals surface area contributed by atoms with Gasteiger partial charge in [0.15, 0.2) is 0 Å². The zero-order valence-electron chi connectivity index (χ0n) is 8.32. The van der Waals surface area contributed by atoms with Crippen LogP contribution in [0.1, 0.15) is 20.3 Å². The number of methoxy groups -OCH3 is 1. The van der Waals surface area contributed by atoms with E-state index in [4.69, 9.17) is 0 Å². The number of rotatable bonds is 2. The van der Waals surface area contributed by atoms with Gasteiger partial charge in [-0.1, -0.05) is 19.9 Å². The van der Waals surface area contributed by atoms with Crippen LogP contribution >= 0.6 is 11.8 Å². The van der Waals surface area contributed by atoms with Crippen LogP contribution < -0.4 is 0 Å². The summed E-state index contributed by atoms with van der Waals surface area (Å²) < 4.78 is 4.54. The minimum Gasteiger partial charge on any atom is -0.466 e. The highest BCUT2D eigenvalue weighted by molar-refractivity contribution is 8.00. The molecule has 0 aromatic carbocycles. The van der Waals surface area contributed by atoms with Crippen molar-refractivity contribution < 1.29 is 9.53 Å². The second-order valence-electron chi connectivity index (χ2n) is 3.43. The van der Waals surface area contributed by atoms with Crippen molar-refractivity contribution in [2.24, 2.45) is 5.92 Å². The van der Waals surface area contributed by atoms with Crippen molar-refractivity contribution in [2.45, 2.75) is 30.8 Å². The van der Waals surface area contributed by atoms with Crippen LogP contribution in [0.2, 0.25) is 0 Å². The molecule has 1 aliphatic rings. The van der Waals surface area contributed by atoms with Crippen LogP contribution in [0.5, 0.6) is 0 Å². The first-order chi connectivity index (χ1) is 6.13. The van der Waals surface area contributed by atoms with Gasteiger partial charge < -0.3 is 4.74 Å². The van der Waals surface area contributed by atoms with E-state index in [9.17, 15) is 4.79 Å². The number of ether oxygens (including phenoxy) is 1. The number of carbonyl (C=O) groups excluding carboxylic acids is 1. The van der Waals surface area contributed by atoms with Gasteiger partial charge in [-0.3, -0.25) is 0 Å². The Morgan fingerprint density at radius 3 is 2.69 bits per heavy atom. The highest BCUT2D eigenvalue weighted by Gasteiger charge is 2.27. The molecule has 0 radical (unpaired) electrons. The Kier molecular flexibility index (Phi) is 3.85. The summed E-state index contributed by atoms with van der Waals surface area (Å²) in [6, 6.07) is 0. The molecular weight excluding hydrogens is 184 g/mol. The van der Waals surface area contributed by atoms with E-state index in [0.717, 1.165) is 0 Å². The summed E-state index contributed by atoms with van der Waals surface area (Å²) in [6.45, 7) is 4.44. The fourth-order valence-electron chi connectivity index (χ4n) is 1.60. The van der Waals surface area contributed by atoms with Gasteiger partial charge in [0.2, 0.25) is 0 Å². The maximum atomic E-state index is 10.8. The van der Waals surface area contributed by atoms with Gasteiger partial charge in [0, 0.05) is 16.6 Å². The third-order valence-electron chi connectivity index (χ3n) is 2.33. The van der Waals surface area contributed by atoms with Gasteiger partial charge in [0.1, 0.15) is 0 Å². The zero-order chi connectivity index (χ0) is 9.84. The number of hydrogen-bond acceptors (Lipinski definition) is 3. The minimum atomic E-state index is -0.253. The molecule has 0 N–H and O–H groups in total.